The van der Waals surface area contributed by atoms with Crippen LogP contribution in [0.3, 0.4) is 0 Å². The van der Waals surface area contributed by atoms with Crippen molar-refractivity contribution in [3.8, 4) is 5.75 Å². The zero-order chi connectivity index (χ0) is 11.8. The van der Waals surface area contributed by atoms with E-state index in [1.54, 1.807) is 0 Å². The molecule has 1 heterocycles. The van der Waals surface area contributed by atoms with Gasteiger partial charge in [0, 0.05) is 6.07 Å². The van der Waals surface area contributed by atoms with E-state index in [0.717, 1.165) is 25.3 Å². The molecule has 16 heavy (non-hydrogen) atoms. The highest BCUT2D eigenvalue weighted by Gasteiger charge is 2.25. The van der Waals surface area contributed by atoms with Gasteiger partial charge in [0.2, 0.25) is 10.0 Å². The fourth-order valence-corrected chi connectivity index (χ4v) is 1.69. The highest BCUT2D eigenvalue weighted by Crippen LogP contribution is 2.29. The van der Waals surface area contributed by atoms with Gasteiger partial charge in [0.15, 0.2) is 5.75 Å². The molecule has 0 bridgehead atoms. The number of hydrogen-bond donors (Lipinski definition) is 1. The first-order valence-electron chi connectivity index (χ1n) is 4.74. The zero-order valence-electron chi connectivity index (χ0n) is 8.60. The zero-order valence-corrected chi connectivity index (χ0v) is 9.42. The maximum absolute atomic E-state index is 13.2. The number of anilines is 1. The molecule has 1 aromatic rings. The minimum atomic E-state index is -3.39. The first-order valence-corrected chi connectivity index (χ1v) is 6.63. The topological polar surface area (TPSA) is 68.3 Å². The molecule has 1 aliphatic carbocycles. The van der Waals surface area contributed by atoms with Crippen LogP contribution < -0.4 is 9.46 Å². The second kappa shape index (κ2) is 3.89. The van der Waals surface area contributed by atoms with Crippen molar-refractivity contribution in [3.63, 3.8) is 0 Å². The van der Waals surface area contributed by atoms with Crippen LogP contribution in [0.4, 0.5) is 10.1 Å². The van der Waals surface area contributed by atoms with Crippen molar-refractivity contribution in [3.05, 3.63) is 18.2 Å². The van der Waals surface area contributed by atoms with Crippen LogP contribution in [0.2, 0.25) is 0 Å². The van der Waals surface area contributed by atoms with Gasteiger partial charge < -0.3 is 4.74 Å². The summed E-state index contributed by atoms with van der Waals surface area (Å²) in [6.07, 6.45) is 3.94. The molecule has 0 amide bonds. The Morgan fingerprint density at radius 1 is 1.56 bits per heavy atom. The summed E-state index contributed by atoms with van der Waals surface area (Å²) in [5.41, 5.74) is 0.194. The summed E-state index contributed by atoms with van der Waals surface area (Å²) in [5, 5.41) is 0. The van der Waals surface area contributed by atoms with Crippen LogP contribution in [-0.4, -0.2) is 25.8 Å². The summed E-state index contributed by atoms with van der Waals surface area (Å²) in [6, 6.07) is 1.29. The monoisotopic (exact) mass is 246 g/mol. The normalized spacial score (nSPS) is 15.9. The van der Waals surface area contributed by atoms with Gasteiger partial charge >= 0.3 is 0 Å². The Labute approximate surface area is 92.7 Å². The van der Waals surface area contributed by atoms with Crippen LogP contribution in [-0.2, 0) is 10.0 Å². The molecule has 1 N–H and O–H groups in total. The maximum atomic E-state index is 13.2. The van der Waals surface area contributed by atoms with E-state index in [0.29, 0.717) is 0 Å². The summed E-state index contributed by atoms with van der Waals surface area (Å²) in [6.45, 7) is 0. The van der Waals surface area contributed by atoms with Crippen LogP contribution in [0.5, 0.6) is 5.75 Å². The lowest BCUT2D eigenvalue weighted by Gasteiger charge is -2.08. The van der Waals surface area contributed by atoms with E-state index in [9.17, 15) is 12.8 Å². The third kappa shape index (κ3) is 3.06. The van der Waals surface area contributed by atoms with Crippen molar-refractivity contribution < 1.29 is 17.5 Å². The number of sulfonamides is 1. The van der Waals surface area contributed by atoms with E-state index in [2.05, 4.69) is 9.71 Å². The molecule has 0 spiro atoms. The number of aromatic nitrogens is 1. The molecule has 5 nitrogen and oxygen atoms in total. The fraction of sp³-hybridized carbons (Fsp3) is 0.444. The van der Waals surface area contributed by atoms with Crippen molar-refractivity contribution in [1.29, 1.82) is 0 Å². The minimum Gasteiger partial charge on any atom is -0.486 e. The first-order chi connectivity index (χ1) is 7.44. The van der Waals surface area contributed by atoms with Gasteiger partial charge in [-0.1, -0.05) is 0 Å². The molecule has 0 atom stereocenters. The number of nitrogens with zero attached hydrogens (tertiary/aromatic N) is 1. The molecule has 0 aromatic carbocycles. The lowest BCUT2D eigenvalue weighted by molar-refractivity contribution is 0.283. The molecule has 0 aliphatic heterocycles. The number of rotatable bonds is 4. The highest BCUT2D eigenvalue weighted by atomic mass is 32.2. The van der Waals surface area contributed by atoms with Gasteiger partial charge in [-0.05, 0) is 12.8 Å². The number of nitrogens with one attached hydrogen (secondary N) is 1. The predicted molar refractivity (Wildman–Crippen MR) is 56.3 cm³/mol. The molecule has 88 valence electrons. The first kappa shape index (κ1) is 11.1. The van der Waals surface area contributed by atoms with Gasteiger partial charge in [-0.3, -0.25) is 4.72 Å². The predicted octanol–water partition coefficient (Wildman–Crippen LogP) is 1.13. The molecule has 1 fully saturated rings. The molecule has 0 unspecified atom stereocenters. The van der Waals surface area contributed by atoms with Gasteiger partial charge in [0.05, 0.1) is 24.2 Å². The average Bonchev–Trinajstić information content (AvgIpc) is 2.92. The lowest BCUT2D eigenvalue weighted by Crippen LogP contribution is -2.10. The maximum Gasteiger partial charge on any atom is 0.255 e. The SMILES string of the molecule is CS(=O)(=O)Nc1cnc(F)c(OC2CC2)c1. The van der Waals surface area contributed by atoms with E-state index in [-0.39, 0.29) is 17.5 Å². The summed E-state index contributed by atoms with van der Waals surface area (Å²) >= 11 is 0. The summed E-state index contributed by atoms with van der Waals surface area (Å²) in [4.78, 5) is 3.43. The van der Waals surface area contributed by atoms with Gasteiger partial charge in [-0.15, -0.1) is 0 Å². The van der Waals surface area contributed by atoms with E-state index in [4.69, 9.17) is 4.74 Å². The van der Waals surface area contributed by atoms with E-state index >= 15 is 0 Å². The molecule has 2 rings (SSSR count). The largest absolute Gasteiger partial charge is 0.486 e. The van der Waals surface area contributed by atoms with Crippen LogP contribution in [0.15, 0.2) is 12.3 Å². The second-order valence-electron chi connectivity index (χ2n) is 3.70. The molecule has 7 heteroatoms. The fourth-order valence-electron chi connectivity index (χ4n) is 1.15. The standard InChI is InChI=1S/C9H11FN2O3S/c1-16(13,14)12-6-4-8(9(10)11-5-6)15-7-2-3-7/h4-5,7,12H,2-3H2,1H3. The summed E-state index contributed by atoms with van der Waals surface area (Å²) in [7, 11) is -3.39. The third-order valence-corrected chi connectivity index (χ3v) is 2.53. The van der Waals surface area contributed by atoms with Gasteiger partial charge in [-0.2, -0.15) is 4.39 Å². The Hall–Kier alpha value is -1.37. The summed E-state index contributed by atoms with van der Waals surface area (Å²) < 4.78 is 42.5. The van der Waals surface area contributed by atoms with E-state index < -0.39 is 16.0 Å². The molecule has 1 saturated carbocycles. The molecular formula is C9H11FN2O3S. The van der Waals surface area contributed by atoms with Crippen molar-refractivity contribution in [2.24, 2.45) is 0 Å². The molecule has 0 radical (unpaired) electrons. The number of hydrogen-bond acceptors (Lipinski definition) is 4. The number of halogens is 1. The summed E-state index contributed by atoms with van der Waals surface area (Å²) in [5.74, 6) is -0.748. The lowest BCUT2D eigenvalue weighted by atomic mass is 10.4. The van der Waals surface area contributed by atoms with Gasteiger partial charge in [-0.25, -0.2) is 13.4 Å². The van der Waals surface area contributed by atoms with Crippen molar-refractivity contribution in [2.75, 3.05) is 11.0 Å². The quantitative estimate of drug-likeness (QED) is 0.809. The molecule has 0 saturated heterocycles. The Kier molecular flexibility index (Phi) is 2.71. The van der Waals surface area contributed by atoms with Crippen LogP contribution in [0, 0.1) is 5.95 Å². The highest BCUT2D eigenvalue weighted by molar-refractivity contribution is 7.92. The van der Waals surface area contributed by atoms with Crippen molar-refractivity contribution >= 4 is 15.7 Å². The Bertz CT molecular complexity index is 499. The van der Waals surface area contributed by atoms with E-state index in [1.165, 1.54) is 6.07 Å². The molecular weight excluding hydrogens is 235 g/mol. The number of ether oxygens (including phenoxy) is 1. The molecule has 1 aromatic heterocycles. The van der Waals surface area contributed by atoms with Crippen LogP contribution in [0.25, 0.3) is 0 Å². The Morgan fingerprint density at radius 3 is 2.81 bits per heavy atom. The van der Waals surface area contributed by atoms with Crippen molar-refractivity contribution in [2.45, 2.75) is 18.9 Å². The van der Waals surface area contributed by atoms with Crippen molar-refractivity contribution in [1.82, 2.24) is 4.98 Å². The van der Waals surface area contributed by atoms with E-state index in [1.807, 2.05) is 0 Å². The third-order valence-electron chi connectivity index (χ3n) is 1.93. The number of pyridine rings is 1. The van der Waals surface area contributed by atoms with Gasteiger partial charge in [0.1, 0.15) is 0 Å². The Morgan fingerprint density at radius 2 is 2.25 bits per heavy atom. The minimum absolute atomic E-state index is 0.0175. The van der Waals surface area contributed by atoms with Gasteiger partial charge in [0.25, 0.3) is 5.95 Å². The van der Waals surface area contributed by atoms with Crippen LogP contribution >= 0.6 is 0 Å². The average molecular weight is 246 g/mol. The van der Waals surface area contributed by atoms with Crippen LogP contribution in [0.1, 0.15) is 12.8 Å². The molecule has 1 aliphatic rings. The second-order valence-corrected chi connectivity index (χ2v) is 5.45. The smallest absolute Gasteiger partial charge is 0.255 e. The Balaban J connectivity index is 2.20.